The molecule has 1 fully saturated rings. The third-order valence-corrected chi connectivity index (χ3v) is 5.81. The van der Waals surface area contributed by atoms with E-state index in [1.165, 1.54) is 25.4 Å². The van der Waals surface area contributed by atoms with Crippen LogP contribution in [0.15, 0.2) is 48.7 Å². The lowest BCUT2D eigenvalue weighted by atomic mass is 10.0. The number of nitrogens with one attached hydrogen (secondary N) is 1. The monoisotopic (exact) mass is 557 g/mol. The van der Waals surface area contributed by atoms with Gasteiger partial charge in [-0.15, -0.1) is 0 Å². The Kier molecular flexibility index (Phi) is 7.95. The molecule has 7 nitrogen and oxygen atoms in total. The van der Waals surface area contributed by atoms with Gasteiger partial charge in [0.2, 0.25) is 11.8 Å². The molecule has 1 saturated heterocycles. The van der Waals surface area contributed by atoms with E-state index in [-0.39, 0.29) is 34.8 Å². The average Bonchev–Trinajstić information content (AvgIpc) is 2.89. The van der Waals surface area contributed by atoms with Gasteiger partial charge in [0.05, 0.1) is 11.1 Å². The Morgan fingerprint density at radius 3 is 2.15 bits per heavy atom. The van der Waals surface area contributed by atoms with Crippen molar-refractivity contribution in [1.29, 1.82) is 0 Å². The van der Waals surface area contributed by atoms with E-state index in [4.69, 9.17) is 4.74 Å². The van der Waals surface area contributed by atoms with Crippen LogP contribution in [0.2, 0.25) is 0 Å². The molecule has 0 radical (unpaired) electrons. The molecule has 0 aliphatic carbocycles. The zero-order valence-corrected chi connectivity index (χ0v) is 20.4. The lowest BCUT2D eigenvalue weighted by molar-refractivity contribution is -0.143. The molecule has 0 unspecified atom stereocenters. The Morgan fingerprint density at radius 1 is 1.00 bits per heavy atom. The van der Waals surface area contributed by atoms with Gasteiger partial charge < -0.3 is 19.9 Å². The summed E-state index contributed by atoms with van der Waals surface area (Å²) in [7, 11) is 1.21. The highest BCUT2D eigenvalue weighted by atomic mass is 19.4. The quantitative estimate of drug-likeness (QED) is 0.424. The van der Waals surface area contributed by atoms with Crippen LogP contribution in [0, 0.1) is 5.82 Å². The summed E-state index contributed by atoms with van der Waals surface area (Å²) in [6.07, 6.45) is -8.87. The number of carbonyl (C=O) groups is 1. The summed E-state index contributed by atoms with van der Waals surface area (Å²) < 4.78 is 98.7. The fraction of sp³-hybridized carbons (Fsp3) is 0.320. The molecule has 1 aliphatic heterocycles. The first-order chi connectivity index (χ1) is 18.3. The summed E-state index contributed by atoms with van der Waals surface area (Å²) in [5.74, 6) is -1.15. The molecule has 0 saturated carbocycles. The van der Waals surface area contributed by atoms with E-state index in [9.17, 15) is 35.5 Å². The van der Waals surface area contributed by atoms with E-state index in [2.05, 4.69) is 15.3 Å². The first-order valence-corrected chi connectivity index (χ1v) is 11.6. The van der Waals surface area contributed by atoms with Crippen LogP contribution in [-0.2, 0) is 18.9 Å². The van der Waals surface area contributed by atoms with Gasteiger partial charge >= 0.3 is 12.4 Å². The van der Waals surface area contributed by atoms with Crippen LogP contribution in [0.1, 0.15) is 27.0 Å². The van der Waals surface area contributed by atoms with Crippen LogP contribution < -0.4 is 15.0 Å². The van der Waals surface area contributed by atoms with Crippen LogP contribution in [0.5, 0.6) is 11.6 Å². The number of hydrogen-bond donors (Lipinski definition) is 1. The van der Waals surface area contributed by atoms with Gasteiger partial charge in [0.1, 0.15) is 17.1 Å². The van der Waals surface area contributed by atoms with Crippen LogP contribution in [0.25, 0.3) is 0 Å². The molecule has 0 bridgehead atoms. The number of rotatable bonds is 6. The van der Waals surface area contributed by atoms with E-state index >= 15 is 0 Å². The molecule has 1 N–H and O–H groups in total. The van der Waals surface area contributed by atoms with Crippen molar-refractivity contribution < 1.29 is 40.3 Å². The van der Waals surface area contributed by atoms with Crippen molar-refractivity contribution in [1.82, 2.24) is 20.2 Å². The van der Waals surface area contributed by atoms with E-state index in [1.807, 2.05) is 4.90 Å². The van der Waals surface area contributed by atoms with E-state index < -0.39 is 41.7 Å². The normalized spacial score (nSPS) is 14.3. The van der Waals surface area contributed by atoms with E-state index in [0.29, 0.717) is 38.3 Å². The van der Waals surface area contributed by atoms with Crippen molar-refractivity contribution in [2.75, 3.05) is 38.1 Å². The van der Waals surface area contributed by atoms with Gasteiger partial charge in [-0.05, 0) is 48.0 Å². The summed E-state index contributed by atoms with van der Waals surface area (Å²) in [6.45, 7) is 1.89. The number of benzene rings is 2. The predicted octanol–water partition coefficient (Wildman–Crippen LogP) is 5.13. The number of halogens is 7. The standard InChI is InChI=1S/C25H22F7N5O2/c1-36(14-15-10-16(24(27,28)29)12-17(11-15)25(30,31)32)22(38)20-13-34-23(37-8-6-33-7-9-37)35-21(20)39-19-4-2-18(26)3-5-19/h2-5,10-13,33H,6-9,14H2,1H3. The summed E-state index contributed by atoms with van der Waals surface area (Å²) in [5.41, 5.74) is -3.55. The highest BCUT2D eigenvalue weighted by Gasteiger charge is 2.37. The largest absolute Gasteiger partial charge is 0.438 e. The number of alkyl halides is 6. The van der Waals surface area contributed by atoms with Crippen LogP contribution in [0.4, 0.5) is 36.7 Å². The van der Waals surface area contributed by atoms with E-state index in [0.717, 1.165) is 17.0 Å². The zero-order valence-electron chi connectivity index (χ0n) is 20.4. The second kappa shape index (κ2) is 11.0. The van der Waals surface area contributed by atoms with Gasteiger partial charge in [0.25, 0.3) is 5.91 Å². The third kappa shape index (κ3) is 6.93. The number of amides is 1. The minimum atomic E-state index is -5.03. The Hall–Kier alpha value is -3.94. The highest BCUT2D eigenvalue weighted by molar-refractivity contribution is 5.96. The number of anilines is 1. The Labute approximate surface area is 218 Å². The first-order valence-electron chi connectivity index (χ1n) is 11.6. The Morgan fingerprint density at radius 2 is 1.59 bits per heavy atom. The molecule has 14 heteroatoms. The molecule has 1 aliphatic rings. The maximum Gasteiger partial charge on any atom is 0.416 e. The van der Waals surface area contributed by atoms with Crippen LogP contribution in [-0.4, -0.2) is 54.0 Å². The van der Waals surface area contributed by atoms with Crippen LogP contribution >= 0.6 is 0 Å². The molecule has 2 aromatic carbocycles. The summed E-state index contributed by atoms with van der Waals surface area (Å²) in [6, 6.07) is 6.00. The number of nitrogens with zero attached hydrogens (tertiary/aromatic N) is 4. The summed E-state index contributed by atoms with van der Waals surface area (Å²) in [5, 5.41) is 3.17. The molecule has 3 aromatic rings. The molecule has 4 rings (SSSR count). The molecule has 1 amide bonds. The summed E-state index contributed by atoms with van der Waals surface area (Å²) in [4.78, 5) is 24.6. The van der Waals surface area contributed by atoms with Crippen molar-refractivity contribution in [3.8, 4) is 11.6 Å². The molecular weight excluding hydrogens is 535 g/mol. The lowest BCUT2D eigenvalue weighted by Gasteiger charge is -2.28. The fourth-order valence-corrected chi connectivity index (χ4v) is 3.88. The zero-order chi connectivity index (χ0) is 28.4. The number of ether oxygens (including phenoxy) is 1. The maximum atomic E-state index is 13.4. The summed E-state index contributed by atoms with van der Waals surface area (Å²) >= 11 is 0. The third-order valence-electron chi connectivity index (χ3n) is 5.81. The van der Waals surface area contributed by atoms with Gasteiger partial charge in [-0.1, -0.05) is 0 Å². The van der Waals surface area contributed by atoms with Crippen molar-refractivity contribution in [3.63, 3.8) is 0 Å². The van der Waals surface area contributed by atoms with Crippen LogP contribution in [0.3, 0.4) is 0 Å². The lowest BCUT2D eigenvalue weighted by Crippen LogP contribution is -2.44. The SMILES string of the molecule is CN(Cc1cc(C(F)(F)F)cc(C(F)(F)F)c1)C(=O)c1cnc(N2CCNCC2)nc1Oc1ccc(F)cc1. The second-order valence-electron chi connectivity index (χ2n) is 8.76. The average molecular weight is 557 g/mol. The molecule has 2 heterocycles. The Balaban J connectivity index is 1.65. The van der Waals surface area contributed by atoms with Gasteiger partial charge in [-0.3, -0.25) is 4.79 Å². The Bertz CT molecular complexity index is 1290. The molecule has 208 valence electrons. The number of aromatic nitrogens is 2. The molecule has 0 spiro atoms. The number of carbonyl (C=O) groups excluding carboxylic acids is 1. The van der Waals surface area contributed by atoms with Gasteiger partial charge in [0, 0.05) is 46.0 Å². The van der Waals surface area contributed by atoms with Gasteiger partial charge in [-0.2, -0.15) is 31.3 Å². The van der Waals surface area contributed by atoms with Crippen molar-refractivity contribution >= 4 is 11.9 Å². The van der Waals surface area contributed by atoms with Gasteiger partial charge in [-0.25, -0.2) is 9.37 Å². The van der Waals surface area contributed by atoms with E-state index in [1.54, 1.807) is 0 Å². The molecule has 1 aromatic heterocycles. The smallest absolute Gasteiger partial charge is 0.416 e. The highest BCUT2D eigenvalue weighted by Crippen LogP contribution is 2.36. The van der Waals surface area contributed by atoms with Crippen molar-refractivity contribution in [3.05, 3.63) is 76.7 Å². The molecule has 0 atom stereocenters. The first kappa shape index (κ1) is 28.1. The number of hydrogen-bond acceptors (Lipinski definition) is 6. The van der Waals surface area contributed by atoms with Gasteiger partial charge in [0.15, 0.2) is 0 Å². The maximum absolute atomic E-state index is 13.4. The molecular formula is C25H22F7N5O2. The topological polar surface area (TPSA) is 70.6 Å². The second-order valence-corrected chi connectivity index (χ2v) is 8.76. The molecule has 39 heavy (non-hydrogen) atoms. The fourth-order valence-electron chi connectivity index (χ4n) is 3.88. The number of piperazine rings is 1. The van der Waals surface area contributed by atoms with Crippen molar-refractivity contribution in [2.45, 2.75) is 18.9 Å². The van der Waals surface area contributed by atoms with Crippen molar-refractivity contribution in [2.24, 2.45) is 0 Å². The predicted molar refractivity (Wildman–Crippen MR) is 126 cm³/mol. The minimum absolute atomic E-state index is 0.0165. The minimum Gasteiger partial charge on any atom is -0.438 e.